The number of aryl methyl sites for hydroxylation is 3. The van der Waals surface area contributed by atoms with Gasteiger partial charge in [0, 0.05) is 6.04 Å². The van der Waals surface area contributed by atoms with Crippen LogP contribution < -0.4 is 5.32 Å². The third kappa shape index (κ3) is 4.32. The van der Waals surface area contributed by atoms with Crippen molar-refractivity contribution in [1.82, 2.24) is 5.32 Å². The Morgan fingerprint density at radius 2 is 1.52 bits per heavy atom. The van der Waals surface area contributed by atoms with Crippen LogP contribution in [0.3, 0.4) is 0 Å². The van der Waals surface area contributed by atoms with Crippen molar-refractivity contribution >= 4 is 0 Å². The summed E-state index contributed by atoms with van der Waals surface area (Å²) in [6.45, 7) is 12.5. The number of hydrogen-bond donors (Lipinski definition) is 1. The van der Waals surface area contributed by atoms with Crippen molar-refractivity contribution in [3.8, 4) is 0 Å². The van der Waals surface area contributed by atoms with E-state index in [1.54, 1.807) is 0 Å². The van der Waals surface area contributed by atoms with Crippen LogP contribution in [0.5, 0.6) is 0 Å². The van der Waals surface area contributed by atoms with Crippen LogP contribution in [-0.2, 0) is 0 Å². The molecular weight excluding hydrogens is 254 g/mol. The molecule has 0 bridgehead atoms. The van der Waals surface area contributed by atoms with Gasteiger partial charge in [0.25, 0.3) is 0 Å². The zero-order valence-electron chi connectivity index (χ0n) is 14.6. The number of hydrogen-bond acceptors (Lipinski definition) is 1. The van der Waals surface area contributed by atoms with E-state index < -0.39 is 0 Å². The number of benzene rings is 1. The van der Waals surface area contributed by atoms with Gasteiger partial charge in [-0.05, 0) is 75.6 Å². The fraction of sp³-hybridized carbons (Fsp3) is 0.700. The highest BCUT2D eigenvalue weighted by molar-refractivity contribution is 5.39. The molecule has 1 aliphatic carbocycles. The molecular formula is C20H33N. The Labute approximate surface area is 131 Å². The molecule has 1 atom stereocenters. The fourth-order valence-corrected chi connectivity index (χ4v) is 4.16. The van der Waals surface area contributed by atoms with E-state index >= 15 is 0 Å². The van der Waals surface area contributed by atoms with Crippen molar-refractivity contribution in [2.24, 2.45) is 11.8 Å². The lowest BCUT2D eigenvalue weighted by molar-refractivity contribution is 0.258. The van der Waals surface area contributed by atoms with Gasteiger partial charge in [-0.3, -0.25) is 0 Å². The lowest BCUT2D eigenvalue weighted by Crippen LogP contribution is -2.29. The molecule has 0 radical (unpaired) electrons. The van der Waals surface area contributed by atoms with Gasteiger partial charge in [-0.25, -0.2) is 0 Å². The van der Waals surface area contributed by atoms with Crippen LogP contribution in [0.4, 0.5) is 0 Å². The molecule has 1 aromatic carbocycles. The third-order valence-corrected chi connectivity index (χ3v) is 5.43. The Morgan fingerprint density at radius 1 is 1.00 bits per heavy atom. The smallest absolute Gasteiger partial charge is 0.0297 e. The maximum absolute atomic E-state index is 3.80. The average molecular weight is 287 g/mol. The van der Waals surface area contributed by atoms with Crippen LogP contribution in [0.15, 0.2) is 12.1 Å². The summed E-state index contributed by atoms with van der Waals surface area (Å²) in [5.74, 6) is 1.89. The molecule has 1 aliphatic rings. The Balaban J connectivity index is 1.89. The van der Waals surface area contributed by atoms with Gasteiger partial charge in [0.05, 0.1) is 0 Å². The maximum atomic E-state index is 3.80. The lowest BCUT2D eigenvalue weighted by Gasteiger charge is -2.29. The third-order valence-electron chi connectivity index (χ3n) is 5.43. The second-order valence-corrected chi connectivity index (χ2v) is 7.24. The first kappa shape index (κ1) is 16.5. The summed E-state index contributed by atoms with van der Waals surface area (Å²) in [6.07, 6.45) is 7.10. The molecule has 1 unspecified atom stereocenters. The second kappa shape index (κ2) is 7.45. The SMILES string of the molecule is CCC1CCC(CNC(C)c2c(C)cc(C)cc2C)CC1. The van der Waals surface area contributed by atoms with Crippen LogP contribution in [0.1, 0.15) is 74.2 Å². The van der Waals surface area contributed by atoms with E-state index in [1.165, 1.54) is 60.9 Å². The standard InChI is InChI=1S/C20H33N/c1-6-18-7-9-19(10-8-18)13-21-17(5)20-15(3)11-14(2)12-16(20)4/h11-12,17-19,21H,6-10,13H2,1-5H3. The normalized spacial score (nSPS) is 24.0. The molecule has 1 N–H and O–H groups in total. The molecule has 0 aliphatic heterocycles. The molecule has 1 aromatic rings. The number of nitrogens with one attached hydrogen (secondary N) is 1. The molecule has 21 heavy (non-hydrogen) atoms. The first-order valence-corrected chi connectivity index (χ1v) is 8.82. The largest absolute Gasteiger partial charge is 0.310 e. The Morgan fingerprint density at radius 3 is 2.05 bits per heavy atom. The molecule has 0 saturated heterocycles. The van der Waals surface area contributed by atoms with Gasteiger partial charge in [0.15, 0.2) is 0 Å². The van der Waals surface area contributed by atoms with Gasteiger partial charge in [0.1, 0.15) is 0 Å². The molecule has 0 aromatic heterocycles. The van der Waals surface area contributed by atoms with Crippen LogP contribution in [0.25, 0.3) is 0 Å². The molecule has 118 valence electrons. The van der Waals surface area contributed by atoms with Crippen molar-refractivity contribution in [3.05, 3.63) is 34.4 Å². The summed E-state index contributed by atoms with van der Waals surface area (Å²) in [7, 11) is 0. The van der Waals surface area contributed by atoms with E-state index in [9.17, 15) is 0 Å². The van der Waals surface area contributed by atoms with Crippen molar-refractivity contribution < 1.29 is 0 Å². The quantitative estimate of drug-likeness (QED) is 0.756. The molecule has 1 heteroatoms. The molecule has 1 fully saturated rings. The van der Waals surface area contributed by atoms with E-state index in [1.807, 2.05) is 0 Å². The molecule has 0 amide bonds. The van der Waals surface area contributed by atoms with E-state index in [2.05, 4.69) is 52.1 Å². The minimum Gasteiger partial charge on any atom is -0.310 e. The van der Waals surface area contributed by atoms with Gasteiger partial charge in [0.2, 0.25) is 0 Å². The molecule has 0 spiro atoms. The molecule has 2 rings (SSSR count). The fourth-order valence-electron chi connectivity index (χ4n) is 4.16. The van der Waals surface area contributed by atoms with Crippen LogP contribution in [0.2, 0.25) is 0 Å². The summed E-state index contributed by atoms with van der Waals surface area (Å²) in [4.78, 5) is 0. The summed E-state index contributed by atoms with van der Waals surface area (Å²) in [5, 5.41) is 3.80. The summed E-state index contributed by atoms with van der Waals surface area (Å²) in [6, 6.07) is 5.09. The maximum Gasteiger partial charge on any atom is 0.0297 e. The molecule has 1 saturated carbocycles. The zero-order valence-corrected chi connectivity index (χ0v) is 14.6. The number of rotatable bonds is 5. The highest BCUT2D eigenvalue weighted by Gasteiger charge is 2.21. The van der Waals surface area contributed by atoms with Gasteiger partial charge in [-0.15, -0.1) is 0 Å². The zero-order chi connectivity index (χ0) is 15.4. The minimum atomic E-state index is 0.467. The van der Waals surface area contributed by atoms with Gasteiger partial charge in [-0.1, -0.05) is 43.9 Å². The van der Waals surface area contributed by atoms with Gasteiger partial charge >= 0.3 is 0 Å². The monoisotopic (exact) mass is 287 g/mol. The lowest BCUT2D eigenvalue weighted by atomic mass is 9.80. The minimum absolute atomic E-state index is 0.467. The summed E-state index contributed by atoms with van der Waals surface area (Å²) >= 11 is 0. The van der Waals surface area contributed by atoms with Crippen molar-refractivity contribution in [1.29, 1.82) is 0 Å². The van der Waals surface area contributed by atoms with Gasteiger partial charge in [-0.2, -0.15) is 0 Å². The van der Waals surface area contributed by atoms with Crippen molar-refractivity contribution in [2.75, 3.05) is 6.54 Å². The first-order valence-electron chi connectivity index (χ1n) is 8.82. The summed E-state index contributed by atoms with van der Waals surface area (Å²) in [5.41, 5.74) is 5.74. The highest BCUT2D eigenvalue weighted by Crippen LogP contribution is 2.31. The van der Waals surface area contributed by atoms with Crippen LogP contribution >= 0.6 is 0 Å². The second-order valence-electron chi connectivity index (χ2n) is 7.24. The van der Waals surface area contributed by atoms with Crippen LogP contribution in [-0.4, -0.2) is 6.54 Å². The summed E-state index contributed by atoms with van der Waals surface area (Å²) < 4.78 is 0. The Hall–Kier alpha value is -0.820. The Kier molecular flexibility index (Phi) is 5.87. The predicted molar refractivity (Wildman–Crippen MR) is 92.8 cm³/mol. The van der Waals surface area contributed by atoms with Crippen molar-refractivity contribution in [2.45, 2.75) is 72.8 Å². The highest BCUT2D eigenvalue weighted by atomic mass is 14.9. The van der Waals surface area contributed by atoms with Crippen LogP contribution in [0, 0.1) is 32.6 Å². The average Bonchev–Trinajstić information content (AvgIpc) is 2.44. The predicted octanol–water partition coefficient (Wildman–Crippen LogP) is 5.48. The van der Waals surface area contributed by atoms with E-state index in [0.717, 1.165) is 11.8 Å². The van der Waals surface area contributed by atoms with Gasteiger partial charge < -0.3 is 5.32 Å². The van der Waals surface area contributed by atoms with E-state index in [0.29, 0.717) is 6.04 Å². The molecule has 1 nitrogen and oxygen atoms in total. The first-order chi connectivity index (χ1) is 10.0. The van der Waals surface area contributed by atoms with E-state index in [4.69, 9.17) is 0 Å². The topological polar surface area (TPSA) is 12.0 Å². The van der Waals surface area contributed by atoms with Crippen molar-refractivity contribution in [3.63, 3.8) is 0 Å². The van der Waals surface area contributed by atoms with E-state index in [-0.39, 0.29) is 0 Å². The Bertz CT molecular complexity index is 432. The molecule has 0 heterocycles.